The van der Waals surface area contributed by atoms with Crippen molar-refractivity contribution in [2.24, 2.45) is 20.0 Å². The van der Waals surface area contributed by atoms with Gasteiger partial charge in [-0.25, -0.2) is 0 Å². The van der Waals surface area contributed by atoms with Gasteiger partial charge in [-0.1, -0.05) is 13.8 Å². The summed E-state index contributed by atoms with van der Waals surface area (Å²) >= 11 is 0. The summed E-state index contributed by atoms with van der Waals surface area (Å²) < 4.78 is 5.62. The lowest BCUT2D eigenvalue weighted by Crippen LogP contribution is -2.45. The van der Waals surface area contributed by atoms with Crippen LogP contribution in [-0.4, -0.2) is 100 Å². The highest BCUT2D eigenvalue weighted by Gasteiger charge is 2.33. The van der Waals surface area contributed by atoms with Gasteiger partial charge in [0.1, 0.15) is 0 Å². The van der Waals surface area contributed by atoms with E-state index in [1.165, 1.54) is 0 Å². The summed E-state index contributed by atoms with van der Waals surface area (Å²) in [5.74, 6) is 0.899. The molecular formula is C34H45N9O5. The van der Waals surface area contributed by atoms with Crippen LogP contribution in [0.1, 0.15) is 78.1 Å². The molecular weight excluding hydrogens is 614 g/mol. The van der Waals surface area contributed by atoms with Crippen molar-refractivity contribution in [2.45, 2.75) is 64.8 Å². The highest BCUT2D eigenvalue weighted by atomic mass is 16.3. The van der Waals surface area contributed by atoms with Crippen molar-refractivity contribution in [3.05, 3.63) is 59.2 Å². The molecule has 256 valence electrons. The van der Waals surface area contributed by atoms with Crippen LogP contribution in [0.3, 0.4) is 0 Å². The smallest absolute Gasteiger partial charge is 0.290 e. The Morgan fingerprint density at radius 2 is 1.88 bits per heavy atom. The van der Waals surface area contributed by atoms with Gasteiger partial charge in [0.25, 0.3) is 18.3 Å². The number of pyridine rings is 1. The van der Waals surface area contributed by atoms with E-state index in [1.54, 1.807) is 23.2 Å². The predicted octanol–water partition coefficient (Wildman–Crippen LogP) is 2.96. The average Bonchev–Trinajstić information content (AvgIpc) is 3.77. The number of nitrogens with one attached hydrogen (secondary N) is 1. The van der Waals surface area contributed by atoms with Crippen molar-refractivity contribution in [3.63, 3.8) is 0 Å². The fourth-order valence-corrected chi connectivity index (χ4v) is 6.63. The second-order valence-electron chi connectivity index (χ2n) is 12.8. The Hall–Kier alpha value is -5.01. The Kier molecular flexibility index (Phi) is 10.9. The first kappa shape index (κ1) is 34.3. The van der Waals surface area contributed by atoms with Gasteiger partial charge in [-0.15, -0.1) is 10.2 Å². The van der Waals surface area contributed by atoms with E-state index in [-0.39, 0.29) is 30.2 Å². The third kappa shape index (κ3) is 7.42. The molecule has 0 radical (unpaired) electrons. The van der Waals surface area contributed by atoms with E-state index in [1.807, 2.05) is 51.0 Å². The number of aromatic nitrogens is 6. The fourth-order valence-electron chi connectivity index (χ4n) is 6.63. The van der Waals surface area contributed by atoms with Gasteiger partial charge in [0, 0.05) is 76.4 Å². The van der Waals surface area contributed by atoms with Gasteiger partial charge < -0.3 is 24.8 Å². The summed E-state index contributed by atoms with van der Waals surface area (Å²) in [5.41, 5.74) is 4.55. The van der Waals surface area contributed by atoms with Crippen LogP contribution in [0.15, 0.2) is 36.7 Å². The molecule has 1 unspecified atom stereocenters. The molecule has 3 amide bonds. The Bertz CT molecular complexity index is 1770. The molecule has 1 aliphatic heterocycles. The lowest BCUT2D eigenvalue weighted by atomic mass is 9.89. The zero-order valence-electron chi connectivity index (χ0n) is 28.1. The maximum Gasteiger partial charge on any atom is 0.290 e. The van der Waals surface area contributed by atoms with E-state index in [2.05, 4.69) is 34.5 Å². The first-order valence-corrected chi connectivity index (χ1v) is 16.6. The van der Waals surface area contributed by atoms with E-state index in [0.29, 0.717) is 80.5 Å². The molecule has 2 N–H and O–H groups in total. The third-order valence-electron chi connectivity index (χ3n) is 9.17. The van der Waals surface area contributed by atoms with Crippen molar-refractivity contribution >= 4 is 29.8 Å². The van der Waals surface area contributed by atoms with Gasteiger partial charge in [-0.2, -0.15) is 5.10 Å². The molecule has 48 heavy (non-hydrogen) atoms. The number of carbonyl (C=O) groups excluding carboxylic acids is 3. The molecule has 0 saturated heterocycles. The third-order valence-corrected chi connectivity index (χ3v) is 9.17. The van der Waals surface area contributed by atoms with Crippen molar-refractivity contribution in [2.75, 3.05) is 26.2 Å². The number of aryl methyl sites for hydroxylation is 2. The molecule has 5 heterocycles. The van der Waals surface area contributed by atoms with Crippen molar-refractivity contribution in [1.29, 1.82) is 0 Å². The molecule has 1 atom stereocenters. The minimum Gasteiger partial charge on any atom is -0.483 e. The molecule has 0 saturated carbocycles. The summed E-state index contributed by atoms with van der Waals surface area (Å²) in [6, 6.07) is 7.51. The fraction of sp³-hybridized carbons (Fsp3) is 0.500. The number of carboxylic acid groups (broad SMARTS) is 1. The van der Waals surface area contributed by atoms with Crippen molar-refractivity contribution < 1.29 is 24.3 Å². The van der Waals surface area contributed by atoms with Gasteiger partial charge in [0.2, 0.25) is 5.91 Å². The Balaban J connectivity index is 0.00000145. The zero-order chi connectivity index (χ0) is 34.4. The summed E-state index contributed by atoms with van der Waals surface area (Å²) in [4.78, 5) is 53.3. The highest BCUT2D eigenvalue weighted by Crippen LogP contribution is 2.28. The number of hydrogen-bond acceptors (Lipinski definition) is 7. The molecule has 14 heteroatoms. The first-order valence-electron chi connectivity index (χ1n) is 16.6. The van der Waals surface area contributed by atoms with E-state index in [0.717, 1.165) is 36.2 Å². The molecule has 2 aliphatic rings. The van der Waals surface area contributed by atoms with Crippen molar-refractivity contribution in [1.82, 2.24) is 44.1 Å². The monoisotopic (exact) mass is 659 g/mol. The maximum absolute atomic E-state index is 14.0. The Labute approximate surface area is 279 Å². The number of nitrogens with zero attached hydrogens (tertiary/aromatic N) is 8. The maximum atomic E-state index is 14.0. The Morgan fingerprint density at radius 3 is 2.60 bits per heavy atom. The topological polar surface area (TPSA) is 160 Å². The lowest BCUT2D eigenvalue weighted by Gasteiger charge is -2.35. The van der Waals surface area contributed by atoms with Gasteiger partial charge in [-0.3, -0.25) is 28.3 Å². The highest BCUT2D eigenvalue weighted by molar-refractivity contribution is 5.95. The molecule has 0 aromatic carbocycles. The molecule has 2 bridgehead atoms. The quantitative estimate of drug-likeness (QED) is 0.310. The van der Waals surface area contributed by atoms with E-state index < -0.39 is 0 Å². The molecule has 14 nitrogen and oxygen atoms in total. The van der Waals surface area contributed by atoms with Crippen LogP contribution in [0.5, 0.6) is 0 Å². The average molecular weight is 660 g/mol. The van der Waals surface area contributed by atoms with Crippen LogP contribution >= 0.6 is 0 Å². The molecule has 0 fully saturated rings. The predicted molar refractivity (Wildman–Crippen MR) is 178 cm³/mol. The summed E-state index contributed by atoms with van der Waals surface area (Å²) in [6.07, 6.45) is 8.42. The van der Waals surface area contributed by atoms with Gasteiger partial charge in [0.05, 0.1) is 11.3 Å². The molecule has 6 rings (SSSR count). The van der Waals surface area contributed by atoms with Crippen LogP contribution in [0.25, 0.3) is 17.2 Å². The van der Waals surface area contributed by atoms with Crippen LogP contribution in [0, 0.1) is 5.92 Å². The lowest BCUT2D eigenvalue weighted by molar-refractivity contribution is -0.134. The zero-order valence-corrected chi connectivity index (χ0v) is 28.1. The van der Waals surface area contributed by atoms with Crippen molar-refractivity contribution in [3.8, 4) is 11.5 Å². The van der Waals surface area contributed by atoms with E-state index >= 15 is 0 Å². The molecule has 4 aromatic heterocycles. The van der Waals surface area contributed by atoms with Gasteiger partial charge in [-0.05, 0) is 68.7 Å². The first-order chi connectivity index (χ1) is 23.1. The number of amides is 3. The number of hydrogen-bond donors (Lipinski definition) is 2. The van der Waals surface area contributed by atoms with Crippen LogP contribution in [0.2, 0.25) is 0 Å². The van der Waals surface area contributed by atoms with E-state index in [4.69, 9.17) is 9.90 Å². The number of fused-ring (bicyclic) bond motifs is 2. The van der Waals surface area contributed by atoms with Crippen LogP contribution in [0.4, 0.5) is 0 Å². The molecule has 4 aromatic rings. The summed E-state index contributed by atoms with van der Waals surface area (Å²) in [6.45, 7) is 6.08. The van der Waals surface area contributed by atoms with E-state index in [9.17, 15) is 14.4 Å². The van der Waals surface area contributed by atoms with Gasteiger partial charge in [0.15, 0.2) is 17.2 Å². The minimum atomic E-state index is -0.250. The van der Waals surface area contributed by atoms with Gasteiger partial charge >= 0.3 is 0 Å². The number of carbonyl (C=O) groups is 4. The number of rotatable bonds is 5. The largest absolute Gasteiger partial charge is 0.483 e. The second kappa shape index (κ2) is 15.3. The summed E-state index contributed by atoms with van der Waals surface area (Å²) in [5, 5.41) is 23.2. The second-order valence-corrected chi connectivity index (χ2v) is 12.8. The standard InChI is InChI=1S/C33H43N9O3.CH2O2/c1-22(2)14-19-41-24-11-12-26-25(20-24)30(37-39(26)4)32(44)34-15-7-18-40(17-6-9-29(41)43)33(45)23-10-13-28-35-36-31(42(28)21-23)27-8-5-16-38(27)3;2-1-3/h5,8,10,13,16,21-22,24H,6-7,9,11-12,14-15,17-20H2,1-4H3,(H,34,44);1H,(H,2,3). The van der Waals surface area contributed by atoms with Crippen LogP contribution in [-0.2, 0) is 36.5 Å². The normalized spacial score (nSPS) is 17.4. The SMILES string of the molecule is CC(C)CCN1C(=O)CCCN(C(=O)c2ccc3nnc(-c4cccn4C)n3c2)CCCNC(=O)c2nn(C)c3c2CC1CC3.O=CO. The van der Waals surface area contributed by atoms with Crippen LogP contribution < -0.4 is 5.32 Å². The Morgan fingerprint density at radius 1 is 1.10 bits per heavy atom. The molecule has 0 spiro atoms. The minimum absolute atomic E-state index is 0.0244. The molecule has 1 aliphatic carbocycles. The summed E-state index contributed by atoms with van der Waals surface area (Å²) in [7, 11) is 3.83.